The highest BCUT2D eigenvalue weighted by Crippen LogP contribution is 2.24. The predicted octanol–water partition coefficient (Wildman–Crippen LogP) is 2.05. The van der Waals surface area contributed by atoms with Crippen LogP contribution in [0.25, 0.3) is 11.3 Å². The van der Waals surface area contributed by atoms with Crippen molar-refractivity contribution in [1.29, 1.82) is 0 Å². The molecule has 82 valence electrons. The maximum atomic E-state index is 5.43. The number of nitrogens with one attached hydrogen (secondary N) is 1. The first-order valence-corrected chi connectivity index (χ1v) is 5.09. The van der Waals surface area contributed by atoms with Gasteiger partial charge in [-0.05, 0) is 13.8 Å². The summed E-state index contributed by atoms with van der Waals surface area (Å²) in [5.41, 5.74) is 5.54. The number of nitrogens with two attached hydrogens (primary N) is 1. The van der Waals surface area contributed by atoms with Crippen LogP contribution in [0.3, 0.4) is 0 Å². The number of benzene rings is 1. The minimum absolute atomic E-state index is 0.673. The van der Waals surface area contributed by atoms with Crippen LogP contribution in [0, 0.1) is 13.8 Å². The van der Waals surface area contributed by atoms with Gasteiger partial charge in [0.25, 0.3) is 0 Å². The van der Waals surface area contributed by atoms with E-state index in [1.807, 2.05) is 44.2 Å². The molecule has 16 heavy (non-hydrogen) atoms. The molecule has 0 unspecified atom stereocenters. The summed E-state index contributed by atoms with van der Waals surface area (Å²) in [6.45, 7) is 3.81. The summed E-state index contributed by atoms with van der Waals surface area (Å²) >= 11 is 0. The molecule has 1 aromatic carbocycles. The number of rotatable bonds is 2. The monoisotopic (exact) mass is 214 g/mol. The minimum atomic E-state index is 0.673. The number of hydrogen-bond donors (Lipinski definition) is 2. The summed E-state index contributed by atoms with van der Waals surface area (Å²) in [6.07, 6.45) is 0. The third-order valence-corrected chi connectivity index (χ3v) is 2.44. The second kappa shape index (κ2) is 4.28. The topological polar surface area (TPSA) is 63.8 Å². The summed E-state index contributed by atoms with van der Waals surface area (Å²) in [4.78, 5) is 8.68. The third-order valence-electron chi connectivity index (χ3n) is 2.44. The van der Waals surface area contributed by atoms with Gasteiger partial charge < -0.3 is 5.43 Å². The summed E-state index contributed by atoms with van der Waals surface area (Å²) in [5, 5.41) is 0. The van der Waals surface area contributed by atoms with Gasteiger partial charge in [-0.15, -0.1) is 0 Å². The van der Waals surface area contributed by atoms with E-state index < -0.39 is 0 Å². The summed E-state index contributed by atoms with van der Waals surface area (Å²) in [7, 11) is 0. The molecule has 0 saturated carbocycles. The first-order valence-electron chi connectivity index (χ1n) is 5.09. The van der Waals surface area contributed by atoms with Gasteiger partial charge in [0.2, 0.25) is 0 Å². The molecule has 1 aromatic heterocycles. The van der Waals surface area contributed by atoms with Crippen molar-refractivity contribution in [1.82, 2.24) is 9.97 Å². The van der Waals surface area contributed by atoms with E-state index >= 15 is 0 Å². The lowest BCUT2D eigenvalue weighted by molar-refractivity contribution is 1.03. The zero-order valence-corrected chi connectivity index (χ0v) is 9.36. The average molecular weight is 214 g/mol. The van der Waals surface area contributed by atoms with Gasteiger partial charge in [-0.1, -0.05) is 30.3 Å². The Bertz CT molecular complexity index is 494. The molecule has 2 aromatic rings. The van der Waals surface area contributed by atoms with E-state index in [1.165, 1.54) is 0 Å². The highest BCUT2D eigenvalue weighted by atomic mass is 15.3. The van der Waals surface area contributed by atoms with Crippen LogP contribution in [0.1, 0.15) is 11.4 Å². The standard InChI is InChI=1S/C12H14N4/c1-8-11(10-6-4-3-5-7-10)14-9(2)15-12(8)16-13/h3-7H,13H2,1-2H3,(H,14,15,16). The van der Waals surface area contributed by atoms with E-state index in [-0.39, 0.29) is 0 Å². The van der Waals surface area contributed by atoms with E-state index in [0.717, 1.165) is 16.8 Å². The summed E-state index contributed by atoms with van der Waals surface area (Å²) in [5.74, 6) is 6.80. The summed E-state index contributed by atoms with van der Waals surface area (Å²) < 4.78 is 0. The smallest absolute Gasteiger partial charge is 0.147 e. The molecule has 4 nitrogen and oxygen atoms in total. The number of aromatic nitrogens is 2. The SMILES string of the molecule is Cc1nc(NN)c(C)c(-c2ccccc2)n1. The van der Waals surface area contributed by atoms with Gasteiger partial charge >= 0.3 is 0 Å². The number of nitrogens with zero attached hydrogens (tertiary/aromatic N) is 2. The van der Waals surface area contributed by atoms with Crippen LogP contribution >= 0.6 is 0 Å². The van der Waals surface area contributed by atoms with Crippen molar-refractivity contribution in [2.24, 2.45) is 5.84 Å². The Morgan fingerprint density at radius 3 is 2.38 bits per heavy atom. The second-order valence-electron chi connectivity index (χ2n) is 3.60. The minimum Gasteiger partial charge on any atom is -0.308 e. The lowest BCUT2D eigenvalue weighted by atomic mass is 10.1. The molecule has 2 rings (SSSR count). The van der Waals surface area contributed by atoms with Gasteiger partial charge in [0.05, 0.1) is 5.69 Å². The molecular formula is C12H14N4. The number of hydrogen-bond acceptors (Lipinski definition) is 4. The highest BCUT2D eigenvalue weighted by Gasteiger charge is 2.09. The van der Waals surface area contributed by atoms with Crippen molar-refractivity contribution in [3.63, 3.8) is 0 Å². The Hall–Kier alpha value is -1.94. The first-order chi connectivity index (χ1) is 7.72. The fraction of sp³-hybridized carbons (Fsp3) is 0.167. The molecule has 0 spiro atoms. The predicted molar refractivity (Wildman–Crippen MR) is 64.8 cm³/mol. The van der Waals surface area contributed by atoms with Gasteiger partial charge in [-0.3, -0.25) is 0 Å². The molecule has 0 saturated heterocycles. The van der Waals surface area contributed by atoms with Gasteiger partial charge in [-0.2, -0.15) is 0 Å². The zero-order chi connectivity index (χ0) is 11.5. The molecule has 4 heteroatoms. The lowest BCUT2D eigenvalue weighted by Crippen LogP contribution is -2.12. The van der Waals surface area contributed by atoms with E-state index in [9.17, 15) is 0 Å². The fourth-order valence-corrected chi connectivity index (χ4v) is 1.65. The van der Waals surface area contributed by atoms with Crippen LogP contribution in [0.2, 0.25) is 0 Å². The Balaban J connectivity index is 2.61. The summed E-state index contributed by atoms with van der Waals surface area (Å²) in [6, 6.07) is 10.0. The van der Waals surface area contributed by atoms with Crippen LogP contribution in [0.15, 0.2) is 30.3 Å². The van der Waals surface area contributed by atoms with Crippen molar-refractivity contribution in [3.8, 4) is 11.3 Å². The number of hydrazine groups is 1. The van der Waals surface area contributed by atoms with Crippen molar-refractivity contribution in [2.45, 2.75) is 13.8 Å². The third kappa shape index (κ3) is 1.87. The maximum absolute atomic E-state index is 5.43. The van der Waals surface area contributed by atoms with Crippen molar-refractivity contribution >= 4 is 5.82 Å². The average Bonchev–Trinajstić information content (AvgIpc) is 2.33. The number of aryl methyl sites for hydroxylation is 1. The lowest BCUT2D eigenvalue weighted by Gasteiger charge is -2.10. The highest BCUT2D eigenvalue weighted by molar-refractivity contribution is 5.67. The molecule has 0 fully saturated rings. The molecule has 3 N–H and O–H groups in total. The fourth-order valence-electron chi connectivity index (χ4n) is 1.65. The zero-order valence-electron chi connectivity index (χ0n) is 9.36. The molecular weight excluding hydrogens is 200 g/mol. The Labute approximate surface area is 94.5 Å². The first kappa shape index (κ1) is 10.6. The molecule has 0 aliphatic rings. The molecule has 0 aliphatic carbocycles. The largest absolute Gasteiger partial charge is 0.308 e. The molecule has 0 atom stereocenters. The van der Waals surface area contributed by atoms with Gasteiger partial charge in [0.15, 0.2) is 0 Å². The van der Waals surface area contributed by atoms with E-state index in [1.54, 1.807) is 0 Å². The van der Waals surface area contributed by atoms with Crippen LogP contribution in [0.5, 0.6) is 0 Å². The Morgan fingerprint density at radius 2 is 1.75 bits per heavy atom. The Morgan fingerprint density at radius 1 is 1.06 bits per heavy atom. The molecule has 0 aliphatic heterocycles. The van der Waals surface area contributed by atoms with Crippen LogP contribution in [-0.2, 0) is 0 Å². The van der Waals surface area contributed by atoms with Gasteiger partial charge in [0, 0.05) is 11.1 Å². The van der Waals surface area contributed by atoms with Gasteiger partial charge in [0.1, 0.15) is 11.6 Å². The van der Waals surface area contributed by atoms with Crippen molar-refractivity contribution in [3.05, 3.63) is 41.7 Å². The van der Waals surface area contributed by atoms with E-state index in [2.05, 4.69) is 15.4 Å². The number of anilines is 1. The normalized spacial score (nSPS) is 10.2. The van der Waals surface area contributed by atoms with E-state index in [4.69, 9.17) is 5.84 Å². The van der Waals surface area contributed by atoms with Crippen LogP contribution in [-0.4, -0.2) is 9.97 Å². The maximum Gasteiger partial charge on any atom is 0.147 e. The van der Waals surface area contributed by atoms with Crippen molar-refractivity contribution < 1.29 is 0 Å². The molecule has 1 heterocycles. The number of nitrogen functional groups attached to an aromatic ring is 1. The molecule has 0 amide bonds. The quantitative estimate of drug-likeness (QED) is 0.593. The molecule has 0 bridgehead atoms. The molecule has 0 radical (unpaired) electrons. The Kier molecular flexibility index (Phi) is 2.83. The van der Waals surface area contributed by atoms with Gasteiger partial charge in [-0.25, -0.2) is 15.8 Å². The second-order valence-corrected chi connectivity index (χ2v) is 3.60. The van der Waals surface area contributed by atoms with Crippen LogP contribution < -0.4 is 11.3 Å². The van der Waals surface area contributed by atoms with Crippen LogP contribution in [0.4, 0.5) is 5.82 Å². The van der Waals surface area contributed by atoms with Crippen molar-refractivity contribution in [2.75, 3.05) is 5.43 Å². The van der Waals surface area contributed by atoms with E-state index in [0.29, 0.717) is 11.6 Å².